The third kappa shape index (κ3) is 4.71. The monoisotopic (exact) mass is 432 g/mol. The van der Waals surface area contributed by atoms with Crippen molar-refractivity contribution in [3.8, 4) is 0 Å². The maximum atomic E-state index is 12.7. The van der Waals surface area contributed by atoms with Crippen LogP contribution in [0.2, 0.25) is 5.02 Å². The van der Waals surface area contributed by atoms with Gasteiger partial charge in [0.15, 0.2) is 0 Å². The van der Waals surface area contributed by atoms with Crippen LogP contribution in [0, 0.1) is 5.92 Å². The minimum absolute atomic E-state index is 0.0293. The molecule has 2 amide bonds. The number of morpholine rings is 1. The van der Waals surface area contributed by atoms with Crippen LogP contribution in [-0.2, 0) is 14.3 Å². The number of hydrogen-bond acceptors (Lipinski definition) is 4. The third-order valence-corrected chi connectivity index (χ3v) is 7.04. The topological polar surface area (TPSA) is 49.9 Å². The minimum Gasteiger partial charge on any atom is -0.378 e. The number of halogens is 1. The molecule has 29 heavy (non-hydrogen) atoms. The number of carbonyl (C=O) groups excluding carboxylic acids is 2. The Kier molecular flexibility index (Phi) is 6.63. The number of ether oxygens (including phenoxy) is 1. The summed E-state index contributed by atoms with van der Waals surface area (Å²) in [5.41, 5.74) is 0. The summed E-state index contributed by atoms with van der Waals surface area (Å²) >= 11 is 7.91. The highest BCUT2D eigenvalue weighted by Crippen LogP contribution is 2.33. The Morgan fingerprint density at radius 3 is 2.41 bits per heavy atom. The molecule has 2 aliphatic rings. The van der Waals surface area contributed by atoms with Crippen LogP contribution >= 0.6 is 23.4 Å². The van der Waals surface area contributed by atoms with Gasteiger partial charge in [0.1, 0.15) is 0 Å². The van der Waals surface area contributed by atoms with Gasteiger partial charge >= 0.3 is 0 Å². The normalized spacial score (nSPS) is 18.2. The van der Waals surface area contributed by atoms with Crippen molar-refractivity contribution in [2.75, 3.05) is 45.1 Å². The molecule has 2 saturated heterocycles. The van der Waals surface area contributed by atoms with Crippen molar-refractivity contribution < 1.29 is 14.3 Å². The van der Waals surface area contributed by atoms with E-state index in [4.69, 9.17) is 16.3 Å². The van der Waals surface area contributed by atoms with Gasteiger partial charge in [0, 0.05) is 47.4 Å². The molecular formula is C22H25ClN2O3S. The van der Waals surface area contributed by atoms with E-state index in [1.54, 1.807) is 0 Å². The number of nitrogens with zero attached hydrogens (tertiary/aromatic N) is 2. The van der Waals surface area contributed by atoms with Crippen LogP contribution in [0.3, 0.4) is 0 Å². The van der Waals surface area contributed by atoms with Gasteiger partial charge in [-0.3, -0.25) is 9.59 Å². The Labute approximate surface area is 180 Å². The number of amides is 2. The van der Waals surface area contributed by atoms with Gasteiger partial charge in [0.2, 0.25) is 11.8 Å². The standard InChI is InChI=1S/C22H25ClN2O3S/c23-18-5-1-3-16-4-2-6-19(21(16)18)29-15-20(26)24-9-7-17(8-10-24)22(27)25-11-13-28-14-12-25/h1-6,17H,7-15H2. The van der Waals surface area contributed by atoms with Crippen molar-refractivity contribution in [3.05, 3.63) is 41.4 Å². The highest BCUT2D eigenvalue weighted by Gasteiger charge is 2.30. The van der Waals surface area contributed by atoms with E-state index < -0.39 is 0 Å². The average molecular weight is 433 g/mol. The Morgan fingerprint density at radius 1 is 1.00 bits per heavy atom. The van der Waals surface area contributed by atoms with E-state index in [1.807, 2.05) is 46.2 Å². The van der Waals surface area contributed by atoms with E-state index in [9.17, 15) is 9.59 Å². The van der Waals surface area contributed by atoms with Crippen molar-refractivity contribution >= 4 is 45.9 Å². The smallest absolute Gasteiger partial charge is 0.232 e. The summed E-state index contributed by atoms with van der Waals surface area (Å²) in [4.78, 5) is 30.2. The average Bonchev–Trinajstić information content (AvgIpc) is 2.78. The van der Waals surface area contributed by atoms with Crippen molar-refractivity contribution in [1.82, 2.24) is 9.80 Å². The summed E-state index contributed by atoms with van der Waals surface area (Å²) in [6.07, 6.45) is 1.49. The second kappa shape index (κ2) is 9.37. The number of hydrogen-bond donors (Lipinski definition) is 0. The Balaban J connectivity index is 1.31. The molecule has 2 aromatic carbocycles. The van der Waals surface area contributed by atoms with E-state index in [0.29, 0.717) is 50.2 Å². The molecule has 7 heteroatoms. The number of carbonyl (C=O) groups is 2. The fraction of sp³-hybridized carbons (Fsp3) is 0.455. The quantitative estimate of drug-likeness (QED) is 0.691. The van der Waals surface area contributed by atoms with Crippen LogP contribution in [0.15, 0.2) is 41.3 Å². The van der Waals surface area contributed by atoms with Gasteiger partial charge in [-0.2, -0.15) is 0 Å². The fourth-order valence-corrected chi connectivity index (χ4v) is 5.38. The number of likely N-dealkylation sites (tertiary alicyclic amines) is 1. The molecule has 0 radical (unpaired) electrons. The van der Waals surface area contributed by atoms with E-state index in [0.717, 1.165) is 28.5 Å². The molecule has 0 saturated carbocycles. The van der Waals surface area contributed by atoms with Crippen LogP contribution in [-0.4, -0.2) is 66.8 Å². The summed E-state index contributed by atoms with van der Waals surface area (Å²) in [5, 5.41) is 2.79. The maximum Gasteiger partial charge on any atom is 0.232 e. The number of fused-ring (bicyclic) bond motifs is 1. The van der Waals surface area contributed by atoms with Gasteiger partial charge in [-0.15, -0.1) is 11.8 Å². The molecular weight excluding hydrogens is 408 g/mol. The molecule has 0 spiro atoms. The number of piperidine rings is 1. The predicted octanol–water partition coefficient (Wildman–Crippen LogP) is 3.68. The van der Waals surface area contributed by atoms with Gasteiger partial charge in [0.05, 0.1) is 19.0 Å². The van der Waals surface area contributed by atoms with E-state index in [-0.39, 0.29) is 17.7 Å². The molecule has 0 aromatic heterocycles. The SMILES string of the molecule is O=C(CSc1cccc2cccc(Cl)c12)N1CCC(C(=O)N2CCOCC2)CC1. The van der Waals surface area contributed by atoms with Crippen molar-refractivity contribution in [3.63, 3.8) is 0 Å². The molecule has 2 fully saturated rings. The summed E-state index contributed by atoms with van der Waals surface area (Å²) in [5.74, 6) is 0.755. The Bertz CT molecular complexity index is 888. The van der Waals surface area contributed by atoms with Crippen LogP contribution in [0.1, 0.15) is 12.8 Å². The zero-order valence-corrected chi connectivity index (χ0v) is 17.9. The van der Waals surface area contributed by atoms with E-state index in [2.05, 4.69) is 0 Å². The van der Waals surface area contributed by atoms with Gasteiger partial charge in [-0.05, 0) is 30.4 Å². The molecule has 2 heterocycles. The molecule has 2 aromatic rings. The van der Waals surface area contributed by atoms with Gasteiger partial charge in [0.25, 0.3) is 0 Å². The highest BCUT2D eigenvalue weighted by atomic mass is 35.5. The van der Waals surface area contributed by atoms with E-state index in [1.165, 1.54) is 11.8 Å². The van der Waals surface area contributed by atoms with Gasteiger partial charge < -0.3 is 14.5 Å². The zero-order valence-electron chi connectivity index (χ0n) is 16.3. The first-order chi connectivity index (χ1) is 14.1. The first kappa shape index (κ1) is 20.5. The summed E-state index contributed by atoms with van der Waals surface area (Å²) in [6, 6.07) is 11.9. The third-order valence-electron chi connectivity index (χ3n) is 5.69. The van der Waals surface area contributed by atoms with Crippen molar-refractivity contribution in [2.45, 2.75) is 17.7 Å². The van der Waals surface area contributed by atoms with E-state index >= 15 is 0 Å². The highest BCUT2D eigenvalue weighted by molar-refractivity contribution is 8.00. The summed E-state index contributed by atoms with van der Waals surface area (Å²) < 4.78 is 5.33. The van der Waals surface area contributed by atoms with Crippen LogP contribution in [0.4, 0.5) is 0 Å². The predicted molar refractivity (Wildman–Crippen MR) is 116 cm³/mol. The molecule has 0 atom stereocenters. The molecule has 154 valence electrons. The number of rotatable bonds is 4. The van der Waals surface area contributed by atoms with Crippen molar-refractivity contribution in [1.29, 1.82) is 0 Å². The molecule has 2 aliphatic heterocycles. The second-order valence-corrected chi connectivity index (χ2v) is 8.90. The first-order valence-electron chi connectivity index (χ1n) is 10.1. The maximum absolute atomic E-state index is 12.7. The summed E-state index contributed by atoms with van der Waals surface area (Å²) in [6.45, 7) is 3.91. The molecule has 0 aliphatic carbocycles. The molecule has 0 unspecified atom stereocenters. The van der Waals surface area contributed by atoms with Gasteiger partial charge in [-0.1, -0.05) is 35.9 Å². The minimum atomic E-state index is 0.0293. The van der Waals surface area contributed by atoms with Crippen molar-refractivity contribution in [2.24, 2.45) is 5.92 Å². The van der Waals surface area contributed by atoms with Gasteiger partial charge in [-0.25, -0.2) is 0 Å². The van der Waals surface area contributed by atoms with Crippen LogP contribution in [0.5, 0.6) is 0 Å². The Hall–Kier alpha value is -1.76. The lowest BCUT2D eigenvalue weighted by molar-refractivity contribution is -0.143. The van der Waals surface area contributed by atoms with Crippen LogP contribution in [0.25, 0.3) is 10.8 Å². The van der Waals surface area contributed by atoms with Crippen LogP contribution < -0.4 is 0 Å². The summed E-state index contributed by atoms with van der Waals surface area (Å²) in [7, 11) is 0. The molecule has 5 nitrogen and oxygen atoms in total. The zero-order chi connectivity index (χ0) is 20.2. The Morgan fingerprint density at radius 2 is 1.69 bits per heavy atom. The lowest BCUT2D eigenvalue weighted by atomic mass is 9.95. The molecule has 4 rings (SSSR count). The number of thioether (sulfide) groups is 1. The first-order valence-corrected chi connectivity index (χ1v) is 11.4. The lowest BCUT2D eigenvalue weighted by Crippen LogP contribution is -2.47. The largest absolute Gasteiger partial charge is 0.378 e. The molecule has 0 bridgehead atoms. The number of benzene rings is 2. The lowest BCUT2D eigenvalue weighted by Gasteiger charge is -2.35. The fourth-order valence-electron chi connectivity index (χ4n) is 4.03. The second-order valence-electron chi connectivity index (χ2n) is 7.48. The molecule has 0 N–H and O–H groups in total.